The summed E-state index contributed by atoms with van der Waals surface area (Å²) in [5.74, 6) is -0.248. The molecule has 118 valence electrons. The first kappa shape index (κ1) is 15.2. The minimum Gasteiger partial charge on any atom is -0.396 e. The fourth-order valence-corrected chi connectivity index (χ4v) is 2.45. The number of carbonyl (C=O) groups excluding carboxylic acids is 1. The molecule has 1 aromatic carbocycles. The van der Waals surface area contributed by atoms with Crippen molar-refractivity contribution in [3.63, 3.8) is 0 Å². The Bertz CT molecular complexity index is 814. The number of aromatic nitrogens is 2. The summed E-state index contributed by atoms with van der Waals surface area (Å²) in [7, 11) is 0. The Labute approximate surface area is 133 Å². The van der Waals surface area contributed by atoms with Crippen LogP contribution < -0.4 is 5.32 Å². The highest BCUT2D eigenvalue weighted by Gasteiger charge is 2.17. The van der Waals surface area contributed by atoms with Gasteiger partial charge in [0.2, 0.25) is 0 Å². The fraction of sp³-hybridized carbons (Fsp3) is 0.235. The highest BCUT2D eigenvalue weighted by molar-refractivity contribution is 5.97. The van der Waals surface area contributed by atoms with Crippen LogP contribution >= 0.6 is 0 Å². The molecule has 0 radical (unpaired) electrons. The first-order valence-corrected chi connectivity index (χ1v) is 7.37. The summed E-state index contributed by atoms with van der Waals surface area (Å²) < 4.78 is 5.05. The van der Waals surface area contributed by atoms with Crippen LogP contribution in [0.15, 0.2) is 47.1 Å². The van der Waals surface area contributed by atoms with E-state index in [0.29, 0.717) is 23.4 Å². The first-order chi connectivity index (χ1) is 11.2. The third kappa shape index (κ3) is 3.22. The molecule has 1 atom stereocenters. The molecule has 0 aliphatic carbocycles. The molecule has 0 aliphatic heterocycles. The second-order valence-electron chi connectivity index (χ2n) is 5.29. The van der Waals surface area contributed by atoms with E-state index in [-0.39, 0.29) is 18.6 Å². The molecule has 1 unspecified atom stereocenters. The molecule has 0 bridgehead atoms. The molecule has 1 amide bonds. The number of amides is 1. The lowest BCUT2D eigenvalue weighted by Crippen LogP contribution is -2.29. The van der Waals surface area contributed by atoms with Crippen molar-refractivity contribution < 1.29 is 14.4 Å². The zero-order valence-corrected chi connectivity index (χ0v) is 12.7. The van der Waals surface area contributed by atoms with E-state index in [1.165, 1.54) is 6.20 Å². The molecule has 2 aromatic heterocycles. The highest BCUT2D eigenvalue weighted by Crippen LogP contribution is 2.19. The second kappa shape index (κ2) is 6.58. The predicted molar refractivity (Wildman–Crippen MR) is 84.9 cm³/mol. The van der Waals surface area contributed by atoms with Gasteiger partial charge < -0.3 is 14.9 Å². The van der Waals surface area contributed by atoms with Crippen molar-refractivity contribution >= 4 is 17.0 Å². The summed E-state index contributed by atoms with van der Waals surface area (Å²) in [4.78, 5) is 16.6. The van der Waals surface area contributed by atoms with Crippen LogP contribution in [0.1, 0.15) is 34.1 Å². The maximum absolute atomic E-state index is 12.5. The lowest BCUT2D eigenvalue weighted by molar-refractivity contribution is 0.0930. The van der Waals surface area contributed by atoms with Crippen molar-refractivity contribution in [3.05, 3.63) is 59.4 Å². The van der Waals surface area contributed by atoms with Crippen LogP contribution in [0.3, 0.4) is 0 Å². The van der Waals surface area contributed by atoms with Crippen molar-refractivity contribution in [2.24, 2.45) is 0 Å². The zero-order chi connectivity index (χ0) is 16.2. The number of carbonyl (C=O) groups is 1. The van der Waals surface area contributed by atoms with Gasteiger partial charge in [0.25, 0.3) is 11.6 Å². The van der Waals surface area contributed by atoms with Crippen LogP contribution in [0.25, 0.3) is 11.1 Å². The molecule has 0 spiro atoms. The van der Waals surface area contributed by atoms with Gasteiger partial charge in [0, 0.05) is 12.8 Å². The Hall–Kier alpha value is -2.73. The monoisotopic (exact) mass is 311 g/mol. The van der Waals surface area contributed by atoms with Crippen LogP contribution in [-0.2, 0) is 0 Å². The number of pyridine rings is 1. The largest absolute Gasteiger partial charge is 0.396 e. The minimum absolute atomic E-state index is 0.0120. The van der Waals surface area contributed by atoms with Crippen LogP contribution in [0.2, 0.25) is 0 Å². The third-order valence-corrected chi connectivity index (χ3v) is 3.70. The number of benzene rings is 1. The van der Waals surface area contributed by atoms with E-state index in [9.17, 15) is 9.90 Å². The van der Waals surface area contributed by atoms with Crippen LogP contribution in [0, 0.1) is 6.92 Å². The van der Waals surface area contributed by atoms with Crippen molar-refractivity contribution in [3.8, 4) is 0 Å². The molecule has 2 N–H and O–H groups in total. The average molecular weight is 311 g/mol. The van der Waals surface area contributed by atoms with Gasteiger partial charge >= 0.3 is 0 Å². The van der Waals surface area contributed by atoms with Crippen LogP contribution in [-0.4, -0.2) is 27.8 Å². The molecular weight excluding hydrogens is 294 g/mol. The van der Waals surface area contributed by atoms with Gasteiger partial charge in [-0.1, -0.05) is 35.5 Å². The van der Waals surface area contributed by atoms with Crippen molar-refractivity contribution in [1.29, 1.82) is 0 Å². The summed E-state index contributed by atoms with van der Waals surface area (Å²) in [6.45, 7) is 1.79. The second-order valence-corrected chi connectivity index (χ2v) is 5.29. The molecule has 2 heterocycles. The number of aryl methyl sites for hydroxylation is 1. The first-order valence-electron chi connectivity index (χ1n) is 7.37. The Kier molecular flexibility index (Phi) is 4.34. The molecular formula is C17H17N3O3. The van der Waals surface area contributed by atoms with Crippen LogP contribution in [0.5, 0.6) is 0 Å². The van der Waals surface area contributed by atoms with E-state index < -0.39 is 0 Å². The number of aliphatic hydroxyl groups is 1. The molecule has 6 heteroatoms. The van der Waals surface area contributed by atoms with E-state index in [0.717, 1.165) is 10.9 Å². The Balaban J connectivity index is 1.84. The van der Waals surface area contributed by atoms with Gasteiger partial charge in [-0.15, -0.1) is 0 Å². The number of hydrogen-bond donors (Lipinski definition) is 2. The Morgan fingerprint density at radius 1 is 1.35 bits per heavy atom. The number of rotatable bonds is 5. The maximum Gasteiger partial charge on any atom is 0.257 e. The number of fused-ring (bicyclic) bond motifs is 1. The quantitative estimate of drug-likeness (QED) is 0.755. The molecule has 6 nitrogen and oxygen atoms in total. The SMILES string of the molecule is Cc1noc2ncc(C(=O)NC(CCO)c3ccccc3)cc12. The fourth-order valence-electron chi connectivity index (χ4n) is 2.45. The third-order valence-electron chi connectivity index (χ3n) is 3.70. The smallest absolute Gasteiger partial charge is 0.257 e. The van der Waals surface area contributed by atoms with Crippen molar-refractivity contribution in [2.75, 3.05) is 6.61 Å². The molecule has 0 aliphatic rings. The number of nitrogens with one attached hydrogen (secondary N) is 1. The van der Waals surface area contributed by atoms with Crippen LogP contribution in [0.4, 0.5) is 0 Å². The molecule has 3 aromatic rings. The lowest BCUT2D eigenvalue weighted by atomic mass is 10.0. The number of aliphatic hydroxyl groups excluding tert-OH is 1. The summed E-state index contributed by atoms with van der Waals surface area (Å²) in [5, 5.41) is 16.7. The standard InChI is InChI=1S/C17H17N3O3/c1-11-14-9-13(10-18-17(14)23-20-11)16(22)19-15(7-8-21)12-5-3-2-4-6-12/h2-6,9-10,15,21H,7-8H2,1H3,(H,19,22). The molecule has 0 saturated heterocycles. The topological polar surface area (TPSA) is 88.2 Å². The normalized spacial score (nSPS) is 12.3. The molecule has 0 saturated carbocycles. The van der Waals surface area contributed by atoms with E-state index in [1.54, 1.807) is 13.0 Å². The van der Waals surface area contributed by atoms with E-state index in [2.05, 4.69) is 15.5 Å². The summed E-state index contributed by atoms with van der Waals surface area (Å²) in [5.41, 5.74) is 2.49. The van der Waals surface area contributed by atoms with Gasteiger partial charge in [0.1, 0.15) is 0 Å². The minimum atomic E-state index is -0.257. The lowest BCUT2D eigenvalue weighted by Gasteiger charge is -2.18. The van der Waals surface area contributed by atoms with Gasteiger partial charge in [0.05, 0.1) is 22.7 Å². The number of hydrogen-bond acceptors (Lipinski definition) is 5. The summed E-state index contributed by atoms with van der Waals surface area (Å²) in [6.07, 6.45) is 1.90. The van der Waals surface area contributed by atoms with Gasteiger partial charge in [-0.05, 0) is 25.0 Å². The predicted octanol–water partition coefficient (Wildman–Crippen LogP) is 2.38. The summed E-state index contributed by atoms with van der Waals surface area (Å²) in [6, 6.07) is 11.0. The van der Waals surface area contributed by atoms with Gasteiger partial charge in [-0.3, -0.25) is 4.79 Å². The van der Waals surface area contributed by atoms with Gasteiger partial charge in [0.15, 0.2) is 0 Å². The summed E-state index contributed by atoms with van der Waals surface area (Å²) >= 11 is 0. The highest BCUT2D eigenvalue weighted by atomic mass is 16.5. The number of nitrogens with zero attached hydrogens (tertiary/aromatic N) is 2. The van der Waals surface area contributed by atoms with Crippen molar-refractivity contribution in [2.45, 2.75) is 19.4 Å². The van der Waals surface area contributed by atoms with E-state index in [1.807, 2.05) is 30.3 Å². The Morgan fingerprint density at radius 3 is 2.87 bits per heavy atom. The maximum atomic E-state index is 12.5. The van der Waals surface area contributed by atoms with Gasteiger partial charge in [-0.2, -0.15) is 0 Å². The van der Waals surface area contributed by atoms with Gasteiger partial charge in [-0.25, -0.2) is 4.98 Å². The molecule has 3 rings (SSSR count). The molecule has 0 fully saturated rings. The zero-order valence-electron chi connectivity index (χ0n) is 12.7. The molecule has 23 heavy (non-hydrogen) atoms. The van der Waals surface area contributed by atoms with E-state index >= 15 is 0 Å². The van der Waals surface area contributed by atoms with E-state index in [4.69, 9.17) is 4.52 Å². The van der Waals surface area contributed by atoms with Crippen molar-refractivity contribution in [1.82, 2.24) is 15.5 Å². The Morgan fingerprint density at radius 2 is 2.13 bits per heavy atom. The average Bonchev–Trinajstić information content (AvgIpc) is 2.96.